The number of rotatable bonds is 11. The number of ether oxygens (including phenoxy) is 3. The lowest BCUT2D eigenvalue weighted by Crippen LogP contribution is -2.42. The maximum atomic E-state index is 12.7. The molecule has 3 unspecified atom stereocenters. The van der Waals surface area contributed by atoms with E-state index in [0.717, 1.165) is 11.0 Å². The number of benzene rings is 2. The van der Waals surface area contributed by atoms with Gasteiger partial charge in [-0.25, -0.2) is 9.78 Å². The molecule has 0 saturated carbocycles. The number of anilines is 1. The molecule has 2 aliphatic heterocycles. The predicted molar refractivity (Wildman–Crippen MR) is 157 cm³/mol. The average molecular weight is 622 g/mol. The zero-order valence-corrected chi connectivity index (χ0v) is 25.0. The van der Waals surface area contributed by atoms with Gasteiger partial charge < -0.3 is 29.3 Å². The van der Waals surface area contributed by atoms with Crippen molar-refractivity contribution in [3.63, 3.8) is 0 Å². The van der Waals surface area contributed by atoms with E-state index in [1.165, 1.54) is 20.4 Å². The van der Waals surface area contributed by atoms with Crippen LogP contribution in [0.5, 0.6) is 5.88 Å². The number of carbonyl (C=O) groups is 1. The van der Waals surface area contributed by atoms with Gasteiger partial charge in [0.25, 0.3) is 0 Å². The number of methoxy groups -OCH3 is 1. The van der Waals surface area contributed by atoms with Crippen LogP contribution in [0.4, 0.5) is 5.95 Å². The Labute approximate surface area is 253 Å². The van der Waals surface area contributed by atoms with Crippen molar-refractivity contribution >= 4 is 43.9 Å². The molecule has 6 rings (SSSR count). The Hall–Kier alpha value is -3.98. The lowest BCUT2D eigenvalue weighted by atomic mass is 9.79. The Morgan fingerprint density at radius 3 is 2.61 bits per heavy atom. The van der Waals surface area contributed by atoms with Gasteiger partial charge >= 0.3 is 21.3 Å². The Bertz CT molecular complexity index is 1650. The summed E-state index contributed by atoms with van der Waals surface area (Å²) in [6.07, 6.45) is -1.85. The first-order valence-electron chi connectivity index (χ1n) is 13.8. The van der Waals surface area contributed by atoms with Crippen LogP contribution in [0.3, 0.4) is 0 Å². The van der Waals surface area contributed by atoms with Crippen LogP contribution in [0.25, 0.3) is 11.2 Å². The van der Waals surface area contributed by atoms with E-state index in [4.69, 9.17) is 38.3 Å². The van der Waals surface area contributed by atoms with Gasteiger partial charge in [0.05, 0.1) is 13.4 Å². The molecule has 4 aromatic rings. The molecule has 2 fully saturated rings. The van der Waals surface area contributed by atoms with Crippen LogP contribution in [-0.4, -0.2) is 70.2 Å². The predicted octanol–water partition coefficient (Wildman–Crippen LogP) is 2.71. The molecule has 4 heterocycles. The Balaban J connectivity index is 1.18. The summed E-state index contributed by atoms with van der Waals surface area (Å²) in [7, 11) is -1.98. The average Bonchev–Trinajstić information content (AvgIpc) is 3.69. The first-order chi connectivity index (χ1) is 21.3. The maximum Gasteiger partial charge on any atom is 0.698 e. The fraction of sp³-hybridized carbons (Fsp3) is 0.357. The number of imidazole rings is 1. The third-order valence-corrected chi connectivity index (χ3v) is 8.24. The molecule has 14 nitrogen and oxygen atoms in total. The van der Waals surface area contributed by atoms with E-state index in [9.17, 15) is 9.36 Å². The number of nitrogens with zero attached hydrogens (tertiary/aromatic N) is 4. The molecule has 2 N–H and O–H groups in total. The molecule has 2 aromatic carbocycles. The summed E-state index contributed by atoms with van der Waals surface area (Å²) in [5.74, 6) is -0.471. The van der Waals surface area contributed by atoms with Gasteiger partial charge in [0.1, 0.15) is 31.0 Å². The van der Waals surface area contributed by atoms with Crippen LogP contribution in [0, 0.1) is 0 Å². The third kappa shape index (κ3) is 5.90. The van der Waals surface area contributed by atoms with E-state index in [1.807, 2.05) is 67.6 Å². The molecule has 2 aromatic heterocycles. The molecule has 0 amide bonds. The molecule has 44 heavy (non-hydrogen) atoms. The van der Waals surface area contributed by atoms with Gasteiger partial charge in [-0.2, -0.15) is 9.97 Å². The summed E-state index contributed by atoms with van der Waals surface area (Å²) in [6.45, 7) is 3.15. The van der Waals surface area contributed by atoms with Crippen molar-refractivity contribution < 1.29 is 41.9 Å². The highest BCUT2D eigenvalue weighted by atomic mass is 31.1. The Morgan fingerprint density at radius 2 is 1.89 bits per heavy atom. The van der Waals surface area contributed by atoms with Crippen molar-refractivity contribution in [1.29, 1.82) is 0 Å². The van der Waals surface area contributed by atoms with Crippen molar-refractivity contribution in [3.05, 3.63) is 72.6 Å². The number of fused-ring (bicyclic) bond motifs is 2. The van der Waals surface area contributed by atoms with Gasteiger partial charge in [0.15, 0.2) is 17.4 Å². The molecule has 2 aliphatic rings. The number of nitrogen functional groups attached to an aromatic ring is 1. The summed E-state index contributed by atoms with van der Waals surface area (Å²) in [5.41, 5.74) is 7.24. The van der Waals surface area contributed by atoms with Gasteiger partial charge in [-0.15, -0.1) is 9.05 Å². The van der Waals surface area contributed by atoms with E-state index >= 15 is 0 Å². The highest BCUT2D eigenvalue weighted by molar-refractivity contribution is 7.33. The summed E-state index contributed by atoms with van der Waals surface area (Å²) < 4.78 is 55.1. The van der Waals surface area contributed by atoms with Crippen molar-refractivity contribution in [2.45, 2.75) is 50.6 Å². The molecule has 228 valence electrons. The zero-order chi connectivity index (χ0) is 30.8. The minimum atomic E-state index is -2.72. The van der Waals surface area contributed by atoms with Gasteiger partial charge in [-0.3, -0.25) is 4.57 Å². The largest absolute Gasteiger partial charge is 0.698 e. The molecule has 0 spiro atoms. The Morgan fingerprint density at radius 1 is 1.16 bits per heavy atom. The van der Waals surface area contributed by atoms with Crippen molar-refractivity contribution in [2.75, 3.05) is 19.5 Å². The molecular weight excluding hydrogens is 592 g/mol. The van der Waals surface area contributed by atoms with Gasteiger partial charge in [-0.1, -0.05) is 60.7 Å². The monoisotopic (exact) mass is 622 g/mol. The van der Waals surface area contributed by atoms with Crippen LogP contribution in [0.15, 0.2) is 67.0 Å². The normalized spacial score (nSPS) is 23.8. The van der Waals surface area contributed by atoms with Crippen LogP contribution < -0.4 is 15.9 Å². The molecule has 6 atom stereocenters. The summed E-state index contributed by atoms with van der Waals surface area (Å²) in [4.78, 5) is 25.3. The quantitative estimate of drug-likeness (QED) is 0.147. The number of hydrogen-bond acceptors (Lipinski definition) is 13. The fourth-order valence-corrected chi connectivity index (χ4v) is 5.92. The van der Waals surface area contributed by atoms with Gasteiger partial charge in [0, 0.05) is 4.57 Å². The number of nitrogens with two attached hydrogens (primary N) is 1. The standard InChI is InChI=1S/C28H30BN5O9P/c1-17(25(35)38-14-18-10-6-4-7-11-18)42-44(36)39-15-20-22-28(2,43-29(41-22)19-12-8-5-9-13-19)26(40-20)34-16-31-21-23(34)32-27(30)33-24(21)37-3/h4-13,16-17,20,22,26H,14-15H2,1-3H3,(H2,30,32,33)/q+1/t17?,20-,22-,26?,28-/m1/s1. The van der Waals surface area contributed by atoms with Crippen LogP contribution >= 0.6 is 8.25 Å². The summed E-state index contributed by atoms with van der Waals surface area (Å²) in [6, 6.07) is 18.6. The summed E-state index contributed by atoms with van der Waals surface area (Å²) in [5, 5.41) is 0. The van der Waals surface area contributed by atoms with E-state index < -0.39 is 51.5 Å². The summed E-state index contributed by atoms with van der Waals surface area (Å²) >= 11 is 0. The highest BCUT2D eigenvalue weighted by Crippen LogP contribution is 2.48. The van der Waals surface area contributed by atoms with Crippen LogP contribution in [-0.2, 0) is 43.8 Å². The highest BCUT2D eigenvalue weighted by Gasteiger charge is 2.64. The second-order valence-electron chi connectivity index (χ2n) is 10.4. The van der Waals surface area contributed by atoms with E-state index in [1.54, 1.807) is 4.57 Å². The molecule has 0 radical (unpaired) electrons. The molecule has 2 saturated heterocycles. The lowest BCUT2D eigenvalue weighted by Gasteiger charge is -2.29. The maximum absolute atomic E-state index is 12.7. The minimum Gasteiger partial charge on any atom is -0.479 e. The van der Waals surface area contributed by atoms with Crippen molar-refractivity contribution in [2.24, 2.45) is 0 Å². The first-order valence-corrected chi connectivity index (χ1v) is 14.9. The minimum absolute atomic E-state index is 0.00741. The van der Waals surface area contributed by atoms with E-state index in [0.29, 0.717) is 11.2 Å². The van der Waals surface area contributed by atoms with E-state index in [-0.39, 0.29) is 25.0 Å². The van der Waals surface area contributed by atoms with Crippen molar-refractivity contribution in [3.8, 4) is 5.88 Å². The second kappa shape index (κ2) is 12.6. The first kappa shape index (κ1) is 30.1. The fourth-order valence-electron chi connectivity index (χ4n) is 5.25. The van der Waals surface area contributed by atoms with Crippen LogP contribution in [0.1, 0.15) is 25.6 Å². The van der Waals surface area contributed by atoms with Crippen molar-refractivity contribution in [1.82, 2.24) is 19.5 Å². The van der Waals surface area contributed by atoms with Gasteiger partial charge in [-0.05, 0) is 24.9 Å². The number of carbonyl (C=O) groups excluding carboxylic acids is 1. The van der Waals surface area contributed by atoms with Gasteiger partial charge in [0.2, 0.25) is 17.9 Å². The lowest BCUT2D eigenvalue weighted by molar-refractivity contribution is -0.152. The number of esters is 1. The smallest absolute Gasteiger partial charge is 0.479 e. The topological polar surface area (TPSA) is 168 Å². The number of hydrogen-bond donors (Lipinski definition) is 1. The third-order valence-electron chi connectivity index (χ3n) is 7.40. The Kier molecular flexibility index (Phi) is 8.58. The zero-order valence-electron chi connectivity index (χ0n) is 24.1. The molecular formula is C28H30BN5O9P+. The molecule has 0 aliphatic carbocycles. The van der Waals surface area contributed by atoms with Crippen LogP contribution in [0.2, 0.25) is 0 Å². The SMILES string of the molecule is COc1nc(N)nc2c1ncn2C1O[C@H](CO[P+](=O)OC(C)C(=O)OCc2ccccc2)[C@H]2OB(c3ccccc3)O[C@@]12C. The second-order valence-corrected chi connectivity index (χ2v) is 11.3. The number of aromatic nitrogens is 4. The van der Waals surface area contributed by atoms with E-state index in [2.05, 4.69) is 15.0 Å². The molecule has 0 bridgehead atoms. The molecule has 16 heteroatoms.